The Morgan fingerprint density at radius 1 is 1.36 bits per heavy atom. The lowest BCUT2D eigenvalue weighted by Crippen LogP contribution is -2.16. The summed E-state index contributed by atoms with van der Waals surface area (Å²) in [6.45, 7) is 6.31. The van der Waals surface area contributed by atoms with E-state index in [0.29, 0.717) is 5.92 Å². The Hall–Kier alpha value is -0.660. The summed E-state index contributed by atoms with van der Waals surface area (Å²) in [7, 11) is 0. The second-order valence-corrected chi connectivity index (χ2v) is 3.92. The molecular weight excluding hydrogens is 136 g/mol. The molecule has 0 aliphatic rings. The fraction of sp³-hybridized carbons (Fsp3) is 0.778. The molecule has 0 rings (SSSR count). The van der Waals surface area contributed by atoms with E-state index in [1.54, 1.807) is 0 Å². The monoisotopic (exact) mass is 154 g/mol. The summed E-state index contributed by atoms with van der Waals surface area (Å²) in [4.78, 5) is 0. The van der Waals surface area contributed by atoms with Gasteiger partial charge in [0.05, 0.1) is 0 Å². The van der Waals surface area contributed by atoms with Crippen molar-refractivity contribution in [3.8, 4) is 0 Å². The van der Waals surface area contributed by atoms with Crippen LogP contribution in [0.1, 0.15) is 33.6 Å². The van der Waals surface area contributed by atoms with E-state index in [1.165, 1.54) is 12.4 Å². The summed E-state index contributed by atoms with van der Waals surface area (Å²) >= 11 is 0. The number of rotatable bonds is 5. The minimum Gasteiger partial charge on any atom is -0.313 e. The minimum absolute atomic E-state index is 0.179. The van der Waals surface area contributed by atoms with Crippen LogP contribution in [0.4, 0.5) is 0 Å². The fourth-order valence-electron chi connectivity index (χ4n) is 1.29. The van der Waals surface area contributed by atoms with E-state index in [-0.39, 0.29) is 5.41 Å². The standard InChI is InChI=1S/C9H18N2/c1-8(7-11)6-9(2,3)4-5-10/h5,7-8,10-11H,4,6H2,1-3H3. The van der Waals surface area contributed by atoms with Crippen molar-refractivity contribution < 1.29 is 0 Å². The van der Waals surface area contributed by atoms with Crippen LogP contribution in [0, 0.1) is 22.2 Å². The molecule has 0 heterocycles. The van der Waals surface area contributed by atoms with Crippen LogP contribution in [0.5, 0.6) is 0 Å². The van der Waals surface area contributed by atoms with Crippen LogP contribution in [0.2, 0.25) is 0 Å². The molecular formula is C9H18N2. The van der Waals surface area contributed by atoms with Gasteiger partial charge in [0, 0.05) is 0 Å². The molecule has 0 bridgehead atoms. The van der Waals surface area contributed by atoms with Crippen LogP contribution in [0.15, 0.2) is 0 Å². The molecule has 0 aliphatic carbocycles. The number of hydrogen-bond donors (Lipinski definition) is 2. The van der Waals surface area contributed by atoms with Gasteiger partial charge in [-0.2, -0.15) is 0 Å². The SMILES string of the molecule is CC(C=N)CC(C)(C)CC=N. The maximum Gasteiger partial charge on any atom is -0.00193 e. The van der Waals surface area contributed by atoms with Crippen molar-refractivity contribution in [1.82, 2.24) is 0 Å². The second kappa shape index (κ2) is 4.27. The van der Waals surface area contributed by atoms with E-state index in [4.69, 9.17) is 10.8 Å². The Morgan fingerprint density at radius 3 is 2.27 bits per heavy atom. The van der Waals surface area contributed by atoms with Crippen LogP contribution >= 0.6 is 0 Å². The molecule has 64 valence electrons. The van der Waals surface area contributed by atoms with E-state index >= 15 is 0 Å². The van der Waals surface area contributed by atoms with Gasteiger partial charge in [0.1, 0.15) is 0 Å². The van der Waals surface area contributed by atoms with Gasteiger partial charge < -0.3 is 10.8 Å². The summed E-state index contributed by atoms with van der Waals surface area (Å²) in [5.41, 5.74) is 0.179. The minimum atomic E-state index is 0.179. The Kier molecular flexibility index (Phi) is 4.01. The van der Waals surface area contributed by atoms with Crippen molar-refractivity contribution >= 4 is 12.4 Å². The lowest BCUT2D eigenvalue weighted by atomic mass is 9.81. The molecule has 0 aromatic heterocycles. The molecule has 0 amide bonds. The van der Waals surface area contributed by atoms with Crippen LogP contribution in [-0.4, -0.2) is 12.4 Å². The summed E-state index contributed by atoms with van der Waals surface area (Å²) in [5.74, 6) is 0.338. The fourth-order valence-corrected chi connectivity index (χ4v) is 1.29. The molecule has 1 atom stereocenters. The Balaban J connectivity index is 3.88. The van der Waals surface area contributed by atoms with Crippen molar-refractivity contribution in [3.63, 3.8) is 0 Å². The first-order chi connectivity index (χ1) is 5.02. The van der Waals surface area contributed by atoms with Gasteiger partial charge in [-0.3, -0.25) is 0 Å². The third-order valence-corrected chi connectivity index (χ3v) is 1.81. The lowest BCUT2D eigenvalue weighted by molar-refractivity contribution is 0.325. The average Bonchev–Trinajstić information content (AvgIpc) is 1.86. The van der Waals surface area contributed by atoms with E-state index in [0.717, 1.165) is 12.8 Å². The molecule has 0 radical (unpaired) electrons. The van der Waals surface area contributed by atoms with Gasteiger partial charge in [0.2, 0.25) is 0 Å². The van der Waals surface area contributed by atoms with Gasteiger partial charge in [-0.25, -0.2) is 0 Å². The van der Waals surface area contributed by atoms with E-state index in [1.807, 2.05) is 6.92 Å². The van der Waals surface area contributed by atoms with Crippen LogP contribution in [0.25, 0.3) is 0 Å². The molecule has 0 aromatic carbocycles. The molecule has 0 aromatic rings. The van der Waals surface area contributed by atoms with Gasteiger partial charge in [-0.15, -0.1) is 0 Å². The molecule has 2 heteroatoms. The van der Waals surface area contributed by atoms with E-state index < -0.39 is 0 Å². The highest BCUT2D eigenvalue weighted by molar-refractivity contribution is 5.57. The Bertz CT molecular complexity index is 138. The first-order valence-electron chi connectivity index (χ1n) is 4.01. The van der Waals surface area contributed by atoms with Crippen molar-refractivity contribution in [2.45, 2.75) is 33.6 Å². The first-order valence-corrected chi connectivity index (χ1v) is 4.01. The smallest absolute Gasteiger partial charge is 0.00193 e. The maximum absolute atomic E-state index is 7.04. The van der Waals surface area contributed by atoms with E-state index in [9.17, 15) is 0 Å². The lowest BCUT2D eigenvalue weighted by Gasteiger charge is -2.24. The third kappa shape index (κ3) is 4.71. The second-order valence-electron chi connectivity index (χ2n) is 3.92. The Labute approximate surface area is 69.0 Å². The Morgan fingerprint density at radius 2 is 1.91 bits per heavy atom. The molecule has 0 saturated heterocycles. The third-order valence-electron chi connectivity index (χ3n) is 1.81. The molecule has 0 fully saturated rings. The van der Waals surface area contributed by atoms with Gasteiger partial charge in [-0.05, 0) is 36.6 Å². The van der Waals surface area contributed by atoms with Crippen LogP contribution in [-0.2, 0) is 0 Å². The average molecular weight is 154 g/mol. The van der Waals surface area contributed by atoms with Gasteiger partial charge in [-0.1, -0.05) is 20.8 Å². The first kappa shape index (κ1) is 10.3. The highest BCUT2D eigenvalue weighted by atomic mass is 14.4. The van der Waals surface area contributed by atoms with Gasteiger partial charge >= 0.3 is 0 Å². The predicted molar refractivity (Wildman–Crippen MR) is 49.7 cm³/mol. The zero-order valence-corrected chi connectivity index (χ0v) is 7.65. The quantitative estimate of drug-likeness (QED) is 0.572. The molecule has 1 unspecified atom stereocenters. The highest BCUT2D eigenvalue weighted by Crippen LogP contribution is 2.27. The van der Waals surface area contributed by atoms with Crippen LogP contribution < -0.4 is 0 Å². The summed E-state index contributed by atoms with van der Waals surface area (Å²) < 4.78 is 0. The summed E-state index contributed by atoms with van der Waals surface area (Å²) in [5, 5.41) is 14.0. The molecule has 0 aliphatic heterocycles. The zero-order chi connectivity index (χ0) is 8.91. The van der Waals surface area contributed by atoms with Gasteiger partial charge in [0.25, 0.3) is 0 Å². The zero-order valence-electron chi connectivity index (χ0n) is 7.65. The number of hydrogen-bond acceptors (Lipinski definition) is 2. The van der Waals surface area contributed by atoms with Crippen LogP contribution in [0.3, 0.4) is 0 Å². The summed E-state index contributed by atoms with van der Waals surface area (Å²) in [6, 6.07) is 0. The molecule has 11 heavy (non-hydrogen) atoms. The van der Waals surface area contributed by atoms with Crippen molar-refractivity contribution in [2.24, 2.45) is 11.3 Å². The molecule has 2 nitrogen and oxygen atoms in total. The normalized spacial score (nSPS) is 14.1. The van der Waals surface area contributed by atoms with Crippen molar-refractivity contribution in [1.29, 1.82) is 10.8 Å². The topological polar surface area (TPSA) is 47.7 Å². The highest BCUT2D eigenvalue weighted by Gasteiger charge is 2.18. The number of nitrogens with one attached hydrogen (secondary N) is 2. The van der Waals surface area contributed by atoms with Crippen molar-refractivity contribution in [2.75, 3.05) is 0 Å². The molecule has 0 spiro atoms. The predicted octanol–water partition coefficient (Wildman–Crippen LogP) is 2.73. The maximum atomic E-state index is 7.04. The van der Waals surface area contributed by atoms with Crippen molar-refractivity contribution in [3.05, 3.63) is 0 Å². The molecule has 0 saturated carbocycles. The summed E-state index contributed by atoms with van der Waals surface area (Å²) in [6.07, 6.45) is 4.74. The molecule has 2 N–H and O–H groups in total. The largest absolute Gasteiger partial charge is 0.313 e. The van der Waals surface area contributed by atoms with E-state index in [2.05, 4.69) is 13.8 Å². The van der Waals surface area contributed by atoms with Gasteiger partial charge in [0.15, 0.2) is 0 Å².